The summed E-state index contributed by atoms with van der Waals surface area (Å²) in [5.74, 6) is 0.848. The average molecular weight is 2310 g/mol. The molecule has 144 heavy (non-hydrogen) atoms. The van der Waals surface area contributed by atoms with Crippen molar-refractivity contribution in [1.29, 1.82) is 0 Å². The van der Waals surface area contributed by atoms with Crippen molar-refractivity contribution in [2.75, 3.05) is 102 Å². The van der Waals surface area contributed by atoms with Crippen LogP contribution in [-0.4, -0.2) is 199 Å². The first kappa shape index (κ1) is 126. The lowest BCUT2D eigenvalue weighted by Gasteiger charge is -2.09. The second kappa shape index (κ2) is 63.0. The van der Waals surface area contributed by atoms with Crippen LogP contribution in [0.15, 0.2) is 238 Å². The summed E-state index contributed by atoms with van der Waals surface area (Å²) in [6.07, 6.45) is 0. The highest BCUT2D eigenvalue weighted by Gasteiger charge is 2.24. The van der Waals surface area contributed by atoms with Gasteiger partial charge < -0.3 is 57.5 Å². The molecular formula is C80H104B4F4N16O24S16. The minimum Gasteiger partial charge on any atom is -0.867 e. The van der Waals surface area contributed by atoms with Gasteiger partial charge in [0, 0.05) is 48.5 Å². The Morgan fingerprint density at radius 1 is 0.194 bits per heavy atom. The van der Waals surface area contributed by atoms with E-state index in [1.807, 2.05) is 275 Å². The van der Waals surface area contributed by atoms with Gasteiger partial charge in [0.25, 0.3) is 0 Å². The predicted octanol–water partition coefficient (Wildman–Crippen LogP) is -3.45. The van der Waals surface area contributed by atoms with Crippen LogP contribution in [0.2, 0.25) is 0 Å². The third-order valence-electron chi connectivity index (χ3n) is 19.1. The van der Waals surface area contributed by atoms with Gasteiger partial charge in [-0.05, 0) is 105 Å². The normalized spacial score (nSPS) is 11.5. The molecule has 8 aromatic heterocycles. The van der Waals surface area contributed by atoms with E-state index in [1.165, 1.54) is 94.0 Å². The van der Waals surface area contributed by atoms with E-state index in [4.69, 9.17) is 40.2 Å². The summed E-state index contributed by atoms with van der Waals surface area (Å²) in [5, 5.41) is 66.4. The molecule has 784 valence electrons. The van der Waals surface area contributed by atoms with E-state index in [1.54, 1.807) is 90.7 Å². The number of sulfonamides is 8. The van der Waals surface area contributed by atoms with Gasteiger partial charge in [0.15, 0.2) is 52.4 Å². The Kier molecular flexibility index (Phi) is 55.2. The maximum Gasteiger partial charge on any atom is 0.225 e. The van der Waals surface area contributed by atoms with E-state index in [-0.39, 0.29) is 46.0 Å². The first-order chi connectivity index (χ1) is 67.9. The Balaban J connectivity index is 0.000000283. The molecule has 0 radical (unpaired) electrons. The number of hydrogen-bond acceptors (Lipinski definition) is 32. The van der Waals surface area contributed by atoms with Gasteiger partial charge in [0.05, 0.1) is 0 Å². The summed E-state index contributed by atoms with van der Waals surface area (Å²) in [6.45, 7) is 3.83. The van der Waals surface area contributed by atoms with Crippen molar-refractivity contribution in [3.8, 4) is 0 Å². The number of fused-ring (bicyclic) bond motifs is 8. The fourth-order valence-electron chi connectivity index (χ4n) is 11.7. The number of para-hydroxylation sites is 8. The number of aryl methyl sites for hydroxylation is 8. The van der Waals surface area contributed by atoms with Crippen molar-refractivity contribution in [1.82, 2.24) is 37.8 Å². The summed E-state index contributed by atoms with van der Waals surface area (Å²) in [5.41, 5.74) is 24.3. The van der Waals surface area contributed by atoms with Gasteiger partial charge in [-0.1, -0.05) is 188 Å². The number of nitrogens with zero attached hydrogens (tertiary/aromatic N) is 8. The van der Waals surface area contributed by atoms with Gasteiger partial charge in [-0.2, -0.15) is 36.5 Å². The molecule has 16 rings (SSSR count). The van der Waals surface area contributed by atoms with Gasteiger partial charge in [-0.3, -0.25) is 0 Å². The van der Waals surface area contributed by atoms with Crippen molar-refractivity contribution in [3.05, 3.63) is 238 Å². The lowest BCUT2D eigenvalue weighted by atomic mass is 10.3. The van der Waals surface area contributed by atoms with Crippen LogP contribution in [0, 0.1) is 0 Å². The standard InChI is InChI=1S/8C10H13N2O2S2.4BFO2/c8*1-11-16(13,14)7-6-12-8-15-10-5-3-2-4-9(10)12;4*2-1(3)4/h8*2-5,8,11H,6-7H2,1H3;;;;/q8*+1;4*-2. The van der Waals surface area contributed by atoms with Crippen LogP contribution in [-0.2, 0) is 133 Å². The Labute approximate surface area is 866 Å². The van der Waals surface area contributed by atoms with Crippen LogP contribution in [0.4, 0.5) is 17.3 Å². The zero-order chi connectivity index (χ0) is 107. The summed E-state index contributed by atoms with van der Waals surface area (Å²) >= 11 is 13.0. The smallest absolute Gasteiger partial charge is 0.225 e. The highest BCUT2D eigenvalue weighted by atomic mass is 32.2. The van der Waals surface area contributed by atoms with Gasteiger partial charge in [-0.15, -0.1) is 0 Å². The second-order valence-electron chi connectivity index (χ2n) is 28.4. The number of halogens is 4. The Bertz CT molecular complexity index is 6290. The molecule has 0 fully saturated rings. The van der Waals surface area contributed by atoms with Crippen molar-refractivity contribution >= 4 is 282 Å². The number of thiazole rings is 8. The predicted molar refractivity (Wildman–Crippen MR) is 546 cm³/mol. The number of rotatable bonds is 32. The molecule has 40 nitrogen and oxygen atoms in total. The summed E-state index contributed by atoms with van der Waals surface area (Å²) in [4.78, 5) is 0. The van der Waals surface area contributed by atoms with Crippen LogP contribution in [0.5, 0.6) is 0 Å². The molecule has 0 bridgehead atoms. The van der Waals surface area contributed by atoms with Crippen molar-refractivity contribution < 1.29 is 161 Å². The molecule has 8 N–H and O–H groups in total. The minimum atomic E-state index is -3.17. The van der Waals surface area contributed by atoms with E-state index < -0.39 is 110 Å². The fourth-order valence-corrected chi connectivity index (χ4v) is 24.2. The van der Waals surface area contributed by atoms with E-state index in [0.29, 0.717) is 52.4 Å². The number of aromatic nitrogens is 8. The van der Waals surface area contributed by atoms with Crippen LogP contribution < -0.4 is 115 Å². The van der Waals surface area contributed by atoms with E-state index >= 15 is 0 Å². The zero-order valence-electron chi connectivity index (χ0n) is 78.1. The third-order valence-corrected chi connectivity index (χ3v) is 37.6. The number of benzene rings is 8. The zero-order valence-corrected chi connectivity index (χ0v) is 91.2. The van der Waals surface area contributed by atoms with Gasteiger partial charge in [0.2, 0.25) is 168 Å². The lowest BCUT2D eigenvalue weighted by Crippen LogP contribution is -2.39. The highest BCUT2D eigenvalue weighted by Crippen LogP contribution is 2.22. The molecule has 0 atom stereocenters. The summed E-state index contributed by atoms with van der Waals surface area (Å²) < 4.78 is 264. The molecule has 64 heteroatoms. The van der Waals surface area contributed by atoms with Crippen LogP contribution >= 0.6 is 90.7 Å². The molecule has 0 saturated carbocycles. The van der Waals surface area contributed by atoms with Gasteiger partial charge >= 0.3 is 0 Å². The SMILES string of the molecule is CNS(=O)(=O)CC[n+]1csc2ccccc21.CNS(=O)(=O)CC[n+]1csc2ccccc21.CNS(=O)(=O)CC[n+]1csc2ccccc21.CNS(=O)(=O)CC[n+]1csc2ccccc21.CNS(=O)(=O)CC[n+]1csc2ccccc21.CNS(=O)(=O)CC[n+]1csc2ccccc21.CNS(=O)(=O)CC[n+]1csc2ccccc21.CNS(=O)(=O)CC[n+]1csc2ccccc21.[O-]B([O-])F.[O-]B([O-])F.[O-]B([O-])F.[O-]B([O-])F. The van der Waals surface area contributed by atoms with E-state index in [0.717, 1.165) is 44.1 Å². The molecule has 0 aliphatic carbocycles. The first-order valence-electron chi connectivity index (χ1n) is 41.9. The molecule has 0 aliphatic rings. The largest absolute Gasteiger partial charge is 0.867 e. The second-order valence-corrected chi connectivity index (χ2v) is 51.8. The van der Waals surface area contributed by atoms with Crippen LogP contribution in [0.1, 0.15) is 0 Å². The van der Waals surface area contributed by atoms with Crippen molar-refractivity contribution in [3.63, 3.8) is 0 Å². The van der Waals surface area contributed by atoms with E-state index in [2.05, 4.69) is 37.8 Å². The fraction of sp³-hybridized carbons (Fsp3) is 0.300. The Morgan fingerprint density at radius 2 is 0.278 bits per heavy atom. The van der Waals surface area contributed by atoms with Crippen LogP contribution in [0.3, 0.4) is 0 Å². The Morgan fingerprint density at radius 3 is 0.361 bits per heavy atom. The van der Waals surface area contributed by atoms with Crippen LogP contribution in [0.25, 0.3) is 81.7 Å². The maximum absolute atomic E-state index is 11.3. The molecule has 8 aromatic carbocycles. The molecule has 0 amide bonds. The monoisotopic (exact) mass is 2300 g/mol. The first-order valence-corrected chi connectivity index (χ1v) is 62.1. The third kappa shape index (κ3) is 47.1. The molecule has 16 aromatic rings. The molecule has 0 spiro atoms. The van der Waals surface area contributed by atoms with Crippen molar-refractivity contribution in [2.24, 2.45) is 0 Å². The number of nitrogens with one attached hydrogen (secondary N) is 8. The highest BCUT2D eigenvalue weighted by molar-refractivity contribution is 7.91. The molecular weight excluding hydrogens is 2200 g/mol. The van der Waals surface area contributed by atoms with Crippen molar-refractivity contribution in [2.45, 2.75) is 52.4 Å². The summed E-state index contributed by atoms with van der Waals surface area (Å²) in [7, 11) is -26.2. The number of hydrogen-bond donors (Lipinski definition) is 8. The lowest BCUT2D eigenvalue weighted by molar-refractivity contribution is -0.662. The van der Waals surface area contributed by atoms with E-state index in [9.17, 15) is 84.6 Å². The van der Waals surface area contributed by atoms with Gasteiger partial charge in [0.1, 0.15) is 113 Å². The topological polar surface area (TPSA) is 585 Å². The summed E-state index contributed by atoms with van der Waals surface area (Å²) in [6, 6.07) is 63.7. The Hall–Kier alpha value is -8.18. The molecule has 0 saturated heterocycles. The quantitative estimate of drug-likeness (QED) is 0.0115. The maximum atomic E-state index is 11.3. The average Bonchev–Trinajstić information content (AvgIpc) is 1.73. The molecule has 0 aliphatic heterocycles. The molecule has 0 unspecified atom stereocenters. The molecule has 8 heterocycles. The minimum absolute atomic E-state index is 0.106. The van der Waals surface area contributed by atoms with Gasteiger partial charge in [-0.25, -0.2) is 105 Å².